The normalized spacial score (nSPS) is 24.3. The quantitative estimate of drug-likeness (QED) is 0.863. The molecule has 2 heterocycles. The molecule has 1 saturated carbocycles. The van der Waals surface area contributed by atoms with E-state index in [0.29, 0.717) is 26.1 Å². The summed E-state index contributed by atoms with van der Waals surface area (Å²) in [5.41, 5.74) is 8.28. The fourth-order valence-electron chi connectivity index (χ4n) is 3.61. The number of ether oxygens (including phenoxy) is 1. The van der Waals surface area contributed by atoms with Gasteiger partial charge >= 0.3 is 0 Å². The molecule has 1 spiro atoms. The molecule has 0 radical (unpaired) electrons. The Labute approximate surface area is 131 Å². The highest BCUT2D eigenvalue weighted by Crippen LogP contribution is 2.56. The van der Waals surface area contributed by atoms with E-state index in [1.54, 1.807) is 0 Å². The molecule has 1 aromatic carbocycles. The Morgan fingerprint density at radius 1 is 1.14 bits per heavy atom. The molecule has 5 heteroatoms. The number of fused-ring (bicyclic) bond motifs is 2. The van der Waals surface area contributed by atoms with Gasteiger partial charge in [0.25, 0.3) is 0 Å². The Balaban J connectivity index is 0.00000132. The highest BCUT2D eigenvalue weighted by Gasteiger charge is 2.54. The van der Waals surface area contributed by atoms with Crippen LogP contribution in [0.3, 0.4) is 0 Å². The van der Waals surface area contributed by atoms with Crippen molar-refractivity contribution in [2.24, 2.45) is 5.73 Å². The molecule has 2 fully saturated rings. The third-order valence-electron chi connectivity index (χ3n) is 5.14. The molecular weight excluding hydrogens is 288 g/mol. The number of nitrogens with two attached hydrogens (primary N) is 1. The first-order valence-electron chi connectivity index (χ1n) is 7.43. The molecule has 3 aliphatic rings. The van der Waals surface area contributed by atoms with Crippen LogP contribution in [0.25, 0.3) is 0 Å². The monoisotopic (exact) mass is 308 g/mol. The number of halogens is 1. The molecule has 4 nitrogen and oxygen atoms in total. The van der Waals surface area contributed by atoms with Gasteiger partial charge in [-0.25, -0.2) is 0 Å². The smallest absolute Gasteiger partial charge is 0.247 e. The van der Waals surface area contributed by atoms with E-state index >= 15 is 0 Å². The van der Waals surface area contributed by atoms with E-state index in [9.17, 15) is 4.79 Å². The number of nitrogens with zero attached hydrogens (tertiary/aromatic N) is 1. The summed E-state index contributed by atoms with van der Waals surface area (Å²) in [5.74, 6) is 0.0806. The molecule has 0 atom stereocenters. The van der Waals surface area contributed by atoms with Crippen molar-refractivity contribution in [2.45, 2.75) is 36.6 Å². The second kappa shape index (κ2) is 4.97. The highest BCUT2D eigenvalue weighted by molar-refractivity contribution is 6.02. The summed E-state index contributed by atoms with van der Waals surface area (Å²) < 4.78 is 5.35. The van der Waals surface area contributed by atoms with Crippen LogP contribution in [0.1, 0.15) is 31.2 Å². The zero-order valence-corrected chi connectivity index (χ0v) is 12.8. The largest absolute Gasteiger partial charge is 0.381 e. The van der Waals surface area contributed by atoms with Crippen LogP contribution in [0, 0.1) is 0 Å². The lowest BCUT2D eigenvalue weighted by atomic mass is 9.89. The van der Waals surface area contributed by atoms with Gasteiger partial charge in [-0.05, 0) is 37.3 Å². The zero-order valence-electron chi connectivity index (χ0n) is 12.0. The number of anilines is 1. The third kappa shape index (κ3) is 2.17. The molecule has 1 amide bonds. The maximum absolute atomic E-state index is 12.9. The number of benzene rings is 1. The highest BCUT2D eigenvalue weighted by atomic mass is 35.5. The van der Waals surface area contributed by atoms with Crippen LogP contribution < -0.4 is 10.6 Å². The van der Waals surface area contributed by atoms with E-state index in [-0.39, 0.29) is 23.7 Å². The van der Waals surface area contributed by atoms with Gasteiger partial charge in [-0.3, -0.25) is 4.79 Å². The molecule has 0 unspecified atom stereocenters. The van der Waals surface area contributed by atoms with Crippen molar-refractivity contribution >= 4 is 24.0 Å². The summed E-state index contributed by atoms with van der Waals surface area (Å²) in [5, 5.41) is 0. The van der Waals surface area contributed by atoms with Gasteiger partial charge in [0.05, 0.1) is 0 Å². The van der Waals surface area contributed by atoms with E-state index in [1.807, 2.05) is 11.0 Å². The lowest BCUT2D eigenvalue weighted by molar-refractivity contribution is -0.127. The lowest BCUT2D eigenvalue weighted by Gasteiger charge is -2.35. The summed E-state index contributed by atoms with van der Waals surface area (Å²) in [7, 11) is 0. The predicted molar refractivity (Wildman–Crippen MR) is 83.9 cm³/mol. The minimum absolute atomic E-state index is 0. The summed E-state index contributed by atoms with van der Waals surface area (Å²) >= 11 is 0. The van der Waals surface area contributed by atoms with Gasteiger partial charge in [0.2, 0.25) is 5.91 Å². The van der Waals surface area contributed by atoms with Crippen LogP contribution in [-0.2, 0) is 14.9 Å². The topological polar surface area (TPSA) is 55.6 Å². The van der Waals surface area contributed by atoms with Crippen LogP contribution in [0.2, 0.25) is 0 Å². The van der Waals surface area contributed by atoms with Crippen LogP contribution in [0.5, 0.6) is 0 Å². The Bertz CT molecular complexity index is 565. The van der Waals surface area contributed by atoms with Crippen molar-refractivity contribution in [3.05, 3.63) is 29.8 Å². The molecule has 1 aliphatic carbocycles. The second-order valence-corrected chi connectivity index (χ2v) is 6.46. The van der Waals surface area contributed by atoms with Gasteiger partial charge in [0.1, 0.15) is 5.54 Å². The molecule has 0 aromatic heterocycles. The fraction of sp³-hybridized carbons (Fsp3) is 0.562. The maximum atomic E-state index is 12.9. The summed E-state index contributed by atoms with van der Waals surface area (Å²) in [6.45, 7) is 1.98. The van der Waals surface area contributed by atoms with Crippen molar-refractivity contribution < 1.29 is 9.53 Å². The maximum Gasteiger partial charge on any atom is 0.247 e. The van der Waals surface area contributed by atoms with E-state index in [1.165, 1.54) is 18.4 Å². The van der Waals surface area contributed by atoms with Crippen molar-refractivity contribution in [1.29, 1.82) is 0 Å². The van der Waals surface area contributed by atoms with Crippen molar-refractivity contribution in [1.82, 2.24) is 0 Å². The summed E-state index contributed by atoms with van der Waals surface area (Å²) in [6.07, 6.45) is 3.62. The molecule has 1 saturated heterocycles. The van der Waals surface area contributed by atoms with Gasteiger partial charge in [0, 0.05) is 30.9 Å². The average molecular weight is 309 g/mol. The average Bonchev–Trinajstić information content (AvgIpc) is 3.18. The number of hydrogen-bond donors (Lipinski definition) is 1. The lowest BCUT2D eigenvalue weighted by Crippen LogP contribution is -2.58. The molecule has 2 aliphatic heterocycles. The Morgan fingerprint density at radius 3 is 2.48 bits per heavy atom. The summed E-state index contributed by atoms with van der Waals surface area (Å²) in [4.78, 5) is 14.9. The van der Waals surface area contributed by atoms with Gasteiger partial charge < -0.3 is 15.4 Å². The van der Waals surface area contributed by atoms with Crippen LogP contribution in [0.4, 0.5) is 5.69 Å². The minimum atomic E-state index is -0.744. The fourth-order valence-corrected chi connectivity index (χ4v) is 3.61. The molecule has 0 bridgehead atoms. The first-order valence-corrected chi connectivity index (χ1v) is 7.43. The number of rotatable bonds is 1. The third-order valence-corrected chi connectivity index (χ3v) is 5.14. The van der Waals surface area contributed by atoms with Gasteiger partial charge in [0.15, 0.2) is 0 Å². The first kappa shape index (κ1) is 14.8. The Kier molecular flexibility index (Phi) is 3.51. The molecule has 2 N–H and O–H groups in total. The molecular formula is C16H21ClN2O2. The van der Waals surface area contributed by atoms with Crippen molar-refractivity contribution in [3.63, 3.8) is 0 Å². The molecule has 1 aromatic rings. The molecule has 4 rings (SSSR count). The minimum Gasteiger partial charge on any atom is -0.381 e. The van der Waals surface area contributed by atoms with Crippen LogP contribution >= 0.6 is 12.4 Å². The zero-order chi connectivity index (χ0) is 13.8. The first-order chi connectivity index (χ1) is 9.65. The van der Waals surface area contributed by atoms with Gasteiger partial charge in [-0.1, -0.05) is 18.2 Å². The standard InChI is InChI=1S/C16H20N2O2.ClH/c17-16(7-9-20-10-8-16)14(19)18-11-15(5-6-15)12-3-1-2-4-13(12)18;/h1-4H,5-11,17H2;1H. The predicted octanol–water partition coefficient (Wildman–Crippen LogP) is 1.99. The number of carbonyl (C=O) groups excluding carboxylic acids is 1. The van der Waals surface area contributed by atoms with E-state index in [0.717, 1.165) is 12.2 Å². The number of carbonyl (C=O) groups is 1. The Hall–Kier alpha value is -1.10. The van der Waals surface area contributed by atoms with Crippen molar-refractivity contribution in [2.75, 3.05) is 24.7 Å². The Morgan fingerprint density at radius 2 is 1.81 bits per heavy atom. The van der Waals surface area contributed by atoms with Crippen LogP contribution in [0.15, 0.2) is 24.3 Å². The van der Waals surface area contributed by atoms with Crippen LogP contribution in [-0.4, -0.2) is 31.2 Å². The molecule has 114 valence electrons. The SMILES string of the molecule is Cl.NC1(C(=O)N2CC3(CC3)c3ccccc32)CCOCC1. The summed E-state index contributed by atoms with van der Waals surface area (Å²) in [6, 6.07) is 8.30. The number of hydrogen-bond acceptors (Lipinski definition) is 3. The number of para-hydroxylation sites is 1. The number of amides is 1. The second-order valence-electron chi connectivity index (χ2n) is 6.46. The van der Waals surface area contributed by atoms with E-state index < -0.39 is 5.54 Å². The van der Waals surface area contributed by atoms with E-state index in [2.05, 4.69) is 18.2 Å². The molecule has 21 heavy (non-hydrogen) atoms. The van der Waals surface area contributed by atoms with Crippen molar-refractivity contribution in [3.8, 4) is 0 Å². The van der Waals surface area contributed by atoms with Gasteiger partial charge in [-0.15, -0.1) is 12.4 Å². The van der Waals surface area contributed by atoms with E-state index in [4.69, 9.17) is 10.5 Å². The van der Waals surface area contributed by atoms with Gasteiger partial charge in [-0.2, -0.15) is 0 Å².